The van der Waals surface area contributed by atoms with Crippen LogP contribution in [0.4, 0.5) is 5.69 Å². The number of phenols is 1. The molecule has 12 nitrogen and oxygen atoms in total. The molecule has 0 saturated heterocycles. The maximum absolute atomic E-state index is 13.8. The summed E-state index contributed by atoms with van der Waals surface area (Å²) in [7, 11) is 6.47. The minimum absolute atomic E-state index is 0.0648. The molecule has 2 saturated carbocycles. The van der Waals surface area contributed by atoms with E-state index in [9.17, 15) is 39.0 Å². The van der Waals surface area contributed by atoms with Gasteiger partial charge in [-0.05, 0) is 64.6 Å². The number of rotatable bonds is 5. The number of hydrogen-bond donors (Lipinski definition) is 4. The fraction of sp³-hybridized carbons (Fsp3) is 0.520. The van der Waals surface area contributed by atoms with Crippen molar-refractivity contribution in [1.82, 2.24) is 9.80 Å². The first-order valence-electron chi connectivity index (χ1n) is 11.9. The molecule has 0 radical (unpaired) electrons. The number of carbonyl (C=O) groups is 6. The van der Waals surface area contributed by atoms with Gasteiger partial charge in [0.05, 0.1) is 24.1 Å². The molecule has 2 fully saturated rings. The van der Waals surface area contributed by atoms with E-state index in [1.54, 1.807) is 19.0 Å². The third-order valence-corrected chi connectivity index (χ3v) is 7.68. The van der Waals surface area contributed by atoms with Crippen LogP contribution < -0.4 is 11.1 Å². The number of carbonyl (C=O) groups excluding carboxylic acids is 6. The Labute approximate surface area is 212 Å². The van der Waals surface area contributed by atoms with E-state index < -0.39 is 70.1 Å². The zero-order chi connectivity index (χ0) is 27.6. The number of nitrogens with two attached hydrogens (primary N) is 1. The van der Waals surface area contributed by atoms with Gasteiger partial charge in [-0.15, -0.1) is 0 Å². The van der Waals surface area contributed by atoms with Gasteiger partial charge >= 0.3 is 0 Å². The lowest BCUT2D eigenvalue weighted by atomic mass is 9.52. The van der Waals surface area contributed by atoms with Crippen molar-refractivity contribution in [3.63, 3.8) is 0 Å². The summed E-state index contributed by atoms with van der Waals surface area (Å²) in [4.78, 5) is 81.2. The summed E-state index contributed by atoms with van der Waals surface area (Å²) in [5, 5.41) is 24.8. The van der Waals surface area contributed by atoms with Crippen molar-refractivity contribution in [3.05, 3.63) is 23.3 Å². The van der Waals surface area contributed by atoms with Gasteiger partial charge < -0.3 is 26.2 Å². The Morgan fingerprint density at radius 3 is 2.32 bits per heavy atom. The van der Waals surface area contributed by atoms with Crippen LogP contribution in [0.5, 0.6) is 5.75 Å². The fourth-order valence-electron chi connectivity index (χ4n) is 6.20. The molecule has 37 heavy (non-hydrogen) atoms. The lowest BCUT2D eigenvalue weighted by Gasteiger charge is -2.52. The number of primary amides is 1. The van der Waals surface area contributed by atoms with Crippen LogP contribution in [0.2, 0.25) is 0 Å². The lowest BCUT2D eigenvalue weighted by molar-refractivity contribution is -0.181. The molecule has 6 atom stereocenters. The lowest BCUT2D eigenvalue weighted by Crippen LogP contribution is -2.74. The van der Waals surface area contributed by atoms with Crippen LogP contribution in [-0.4, -0.2) is 101 Å². The first kappa shape index (κ1) is 26.6. The van der Waals surface area contributed by atoms with Crippen LogP contribution in [0.3, 0.4) is 0 Å². The van der Waals surface area contributed by atoms with Crippen molar-refractivity contribution in [1.29, 1.82) is 0 Å². The van der Waals surface area contributed by atoms with E-state index >= 15 is 0 Å². The highest BCUT2D eigenvalue weighted by atomic mass is 16.3. The van der Waals surface area contributed by atoms with Gasteiger partial charge in [0.1, 0.15) is 5.75 Å². The number of aromatic hydroxyl groups is 1. The van der Waals surface area contributed by atoms with Gasteiger partial charge in [0, 0.05) is 11.6 Å². The predicted octanol–water partition coefficient (Wildman–Crippen LogP) is -1.63. The molecule has 198 valence electrons. The minimum Gasteiger partial charge on any atom is -0.507 e. The second-order valence-corrected chi connectivity index (χ2v) is 10.6. The summed E-state index contributed by atoms with van der Waals surface area (Å²) in [6.45, 7) is 0.0685. The molecule has 12 heteroatoms. The molecule has 0 heterocycles. The quantitative estimate of drug-likeness (QED) is 0.262. The molecule has 4 rings (SSSR count). The van der Waals surface area contributed by atoms with Crippen LogP contribution in [0, 0.1) is 23.7 Å². The number of anilines is 1. The number of Topliss-reactive ketones (excluding diaryl/α,β-unsaturated/α-hetero) is 4. The average Bonchev–Trinajstić information content (AvgIpc) is 2.77. The van der Waals surface area contributed by atoms with Gasteiger partial charge in [-0.3, -0.25) is 33.7 Å². The summed E-state index contributed by atoms with van der Waals surface area (Å²) < 4.78 is 0. The number of hydrogen-bond acceptors (Lipinski definition) is 10. The second-order valence-electron chi connectivity index (χ2n) is 10.6. The van der Waals surface area contributed by atoms with Gasteiger partial charge in [-0.25, -0.2) is 0 Å². The maximum atomic E-state index is 13.8. The topological polar surface area (TPSA) is 187 Å². The molecule has 0 spiro atoms. The maximum Gasteiger partial charge on any atom is 0.238 e. The van der Waals surface area contributed by atoms with Crippen molar-refractivity contribution >= 4 is 40.6 Å². The van der Waals surface area contributed by atoms with Crippen molar-refractivity contribution < 1.29 is 39.0 Å². The molecular formula is C25H30N4O8. The Kier molecular flexibility index (Phi) is 6.55. The molecule has 3 aliphatic rings. The molecular weight excluding hydrogens is 484 g/mol. The van der Waals surface area contributed by atoms with Crippen LogP contribution in [0.15, 0.2) is 12.1 Å². The van der Waals surface area contributed by atoms with Gasteiger partial charge in [-0.1, -0.05) is 0 Å². The number of aliphatic hydroxyl groups is 1. The molecule has 2 unspecified atom stereocenters. The molecule has 2 amide bonds. The first-order valence-corrected chi connectivity index (χ1v) is 11.9. The van der Waals surface area contributed by atoms with Gasteiger partial charge in [-0.2, -0.15) is 0 Å². The van der Waals surface area contributed by atoms with Gasteiger partial charge in [0.2, 0.25) is 11.8 Å². The molecule has 1 aromatic rings. The van der Waals surface area contributed by atoms with Gasteiger partial charge in [0.15, 0.2) is 34.7 Å². The van der Waals surface area contributed by atoms with Crippen molar-refractivity contribution in [2.75, 3.05) is 40.1 Å². The van der Waals surface area contributed by atoms with E-state index in [1.165, 1.54) is 31.1 Å². The Morgan fingerprint density at radius 2 is 1.76 bits per heavy atom. The van der Waals surface area contributed by atoms with E-state index in [1.807, 2.05) is 0 Å². The highest BCUT2D eigenvalue weighted by Gasteiger charge is 2.69. The highest BCUT2D eigenvalue weighted by molar-refractivity contribution is 6.32. The SMILES string of the molecule is CN(C)CC(=O)Nc1ccc(O)c2c1C[C@H]1C[C@H]3[C@H](N(C)C)C(=O)C(C(N)=O)C(=O)[C@@]3(O)C(=O)C1C2=O. The smallest absolute Gasteiger partial charge is 0.238 e. The number of phenolic OH excluding ortho intramolecular Hbond substituents is 1. The number of fused-ring (bicyclic) bond motifs is 3. The zero-order valence-corrected chi connectivity index (χ0v) is 21.0. The number of benzene rings is 1. The molecule has 0 aliphatic heterocycles. The summed E-state index contributed by atoms with van der Waals surface area (Å²) in [6, 6.07) is 1.51. The number of amides is 2. The number of ketones is 4. The van der Waals surface area contributed by atoms with Crippen LogP contribution in [0.25, 0.3) is 0 Å². The summed E-state index contributed by atoms with van der Waals surface area (Å²) in [5.74, 6) is -11.5. The fourth-order valence-corrected chi connectivity index (χ4v) is 6.20. The average molecular weight is 515 g/mol. The number of nitrogens with one attached hydrogen (secondary N) is 1. The standard InChI is InChI=1S/C25H30N4O8/c1-28(2)9-15(31)27-13-5-6-14(30)17-11(13)7-10-8-12-19(29(3)4)21(33)18(24(26)36)23(35)25(12,37)22(34)16(10)20(17)32/h5-6,10,12,16,18-19,30,37H,7-9H2,1-4H3,(H2,26,36)(H,27,31)/t10-,12-,16?,18?,19-,25-/m0/s1. The molecule has 5 N–H and O–H groups in total. The normalized spacial score (nSPS) is 31.2. The Balaban J connectivity index is 1.81. The van der Waals surface area contributed by atoms with E-state index in [-0.39, 0.29) is 30.9 Å². The minimum atomic E-state index is -2.77. The van der Waals surface area contributed by atoms with E-state index in [0.717, 1.165) is 0 Å². The van der Waals surface area contributed by atoms with Crippen molar-refractivity contribution in [2.24, 2.45) is 29.4 Å². The first-order chi connectivity index (χ1) is 17.2. The number of nitrogens with zero attached hydrogens (tertiary/aromatic N) is 2. The third kappa shape index (κ3) is 3.95. The van der Waals surface area contributed by atoms with E-state index in [2.05, 4.69) is 5.32 Å². The highest BCUT2D eigenvalue weighted by Crippen LogP contribution is 2.51. The van der Waals surface area contributed by atoms with Crippen molar-refractivity contribution in [3.8, 4) is 5.75 Å². The van der Waals surface area contributed by atoms with Gasteiger partial charge in [0.25, 0.3) is 0 Å². The van der Waals surface area contributed by atoms with Crippen LogP contribution in [0.1, 0.15) is 22.3 Å². The monoisotopic (exact) mass is 514 g/mol. The summed E-state index contributed by atoms with van der Waals surface area (Å²) >= 11 is 0. The Hall–Kier alpha value is -3.48. The van der Waals surface area contributed by atoms with Crippen molar-refractivity contribution in [2.45, 2.75) is 24.5 Å². The van der Waals surface area contributed by atoms with Crippen LogP contribution in [-0.2, 0) is 30.4 Å². The Morgan fingerprint density at radius 1 is 1.11 bits per heavy atom. The molecule has 0 aromatic heterocycles. The summed E-state index contributed by atoms with van der Waals surface area (Å²) in [5.41, 5.74) is 2.99. The van der Waals surface area contributed by atoms with Crippen LogP contribution >= 0.6 is 0 Å². The molecule has 3 aliphatic carbocycles. The number of likely N-dealkylation sites (N-methyl/N-ethyl adjacent to an activating group) is 2. The second kappa shape index (κ2) is 9.12. The van der Waals surface area contributed by atoms with E-state index in [0.29, 0.717) is 11.3 Å². The molecule has 1 aromatic carbocycles. The predicted molar refractivity (Wildman–Crippen MR) is 129 cm³/mol. The third-order valence-electron chi connectivity index (χ3n) is 7.68. The Bertz CT molecular complexity index is 1240. The summed E-state index contributed by atoms with van der Waals surface area (Å²) in [6.07, 6.45) is 0.00243. The zero-order valence-electron chi connectivity index (χ0n) is 21.0. The largest absolute Gasteiger partial charge is 0.507 e. The molecule has 0 bridgehead atoms. The van der Waals surface area contributed by atoms with E-state index in [4.69, 9.17) is 5.73 Å².